The molecule has 36 heavy (non-hydrogen) atoms. The van der Waals surface area contributed by atoms with Gasteiger partial charge in [0.15, 0.2) is 4.96 Å². The fourth-order valence-electron chi connectivity index (χ4n) is 4.55. The van der Waals surface area contributed by atoms with Gasteiger partial charge in [-0.05, 0) is 74.0 Å². The summed E-state index contributed by atoms with van der Waals surface area (Å²) in [7, 11) is 0. The topological polar surface area (TPSA) is 48.5 Å². The summed E-state index contributed by atoms with van der Waals surface area (Å²) in [4.78, 5) is 18.5. The zero-order chi connectivity index (χ0) is 24.8. The Bertz CT molecular complexity index is 1850. The average molecular weight is 496 g/mol. The molecule has 0 amide bonds. The van der Waals surface area contributed by atoms with Gasteiger partial charge in [-0.1, -0.05) is 41.7 Å². The summed E-state index contributed by atoms with van der Waals surface area (Å²) < 4.78 is 24.1. The molecule has 178 valence electrons. The molecule has 0 aliphatic heterocycles. The minimum Gasteiger partial charge on any atom is -0.489 e. The van der Waals surface area contributed by atoms with Gasteiger partial charge >= 0.3 is 0 Å². The molecule has 0 N–H and O–H groups in total. The third kappa shape index (κ3) is 3.78. The van der Waals surface area contributed by atoms with E-state index in [1.54, 1.807) is 22.6 Å². The van der Waals surface area contributed by atoms with Gasteiger partial charge in [-0.3, -0.25) is 4.79 Å². The van der Waals surface area contributed by atoms with E-state index in [0.717, 1.165) is 33.7 Å². The second kappa shape index (κ2) is 8.77. The number of aryl methyl sites for hydroxylation is 1. The van der Waals surface area contributed by atoms with E-state index in [1.807, 2.05) is 68.5 Å². The van der Waals surface area contributed by atoms with Gasteiger partial charge in [-0.2, -0.15) is 0 Å². The van der Waals surface area contributed by atoms with Gasteiger partial charge in [0, 0.05) is 22.6 Å². The van der Waals surface area contributed by atoms with Gasteiger partial charge in [0.2, 0.25) is 0 Å². The Morgan fingerprint density at radius 2 is 1.75 bits per heavy atom. The maximum Gasteiger partial charge on any atom is 0.274 e. The van der Waals surface area contributed by atoms with Crippen LogP contribution in [0.4, 0.5) is 4.39 Å². The predicted molar refractivity (Wildman–Crippen MR) is 142 cm³/mol. The largest absolute Gasteiger partial charge is 0.489 e. The highest BCUT2D eigenvalue weighted by Crippen LogP contribution is 2.24. The number of imidazole rings is 1. The Hall–Kier alpha value is -4.23. The standard InChI is InChI=1S/C29H22FN3O2S/c1-18-15-21(16-27-28(34)33-26-10-6-5-9-25(26)31-29(33)36-27)19(2)32(18)22-11-13-23(14-12-22)35-17-20-7-3-4-8-24(20)30/h3-16H,17H2,1-2H3/b27-16+. The van der Waals surface area contributed by atoms with Crippen LogP contribution >= 0.6 is 11.3 Å². The van der Waals surface area contributed by atoms with Crippen molar-refractivity contribution in [2.45, 2.75) is 20.5 Å². The number of rotatable bonds is 5. The van der Waals surface area contributed by atoms with Crippen LogP contribution in [0.5, 0.6) is 5.75 Å². The molecule has 7 heteroatoms. The quantitative estimate of drug-likeness (QED) is 0.314. The van der Waals surface area contributed by atoms with Crippen molar-refractivity contribution in [3.8, 4) is 11.4 Å². The zero-order valence-corrected chi connectivity index (χ0v) is 20.6. The van der Waals surface area contributed by atoms with Gasteiger partial charge in [0.05, 0.1) is 15.6 Å². The highest BCUT2D eigenvalue weighted by Gasteiger charge is 2.13. The van der Waals surface area contributed by atoms with Crippen LogP contribution in [0.3, 0.4) is 0 Å². The fourth-order valence-corrected chi connectivity index (χ4v) is 5.53. The number of ether oxygens (including phenoxy) is 1. The summed E-state index contributed by atoms with van der Waals surface area (Å²) in [5.41, 5.74) is 6.18. The molecule has 0 radical (unpaired) electrons. The Labute approximate surface area is 210 Å². The van der Waals surface area contributed by atoms with Crippen LogP contribution in [-0.4, -0.2) is 14.0 Å². The monoisotopic (exact) mass is 495 g/mol. The van der Waals surface area contributed by atoms with E-state index < -0.39 is 0 Å². The molecule has 6 rings (SSSR count). The number of para-hydroxylation sites is 2. The highest BCUT2D eigenvalue weighted by molar-refractivity contribution is 7.15. The summed E-state index contributed by atoms with van der Waals surface area (Å²) in [5.74, 6) is 0.395. The van der Waals surface area contributed by atoms with Crippen molar-refractivity contribution in [1.29, 1.82) is 0 Å². The van der Waals surface area contributed by atoms with E-state index in [4.69, 9.17) is 4.74 Å². The number of nitrogens with zero attached hydrogens (tertiary/aromatic N) is 3. The van der Waals surface area contributed by atoms with Crippen molar-refractivity contribution >= 4 is 33.4 Å². The third-order valence-corrected chi connectivity index (χ3v) is 7.32. The van der Waals surface area contributed by atoms with Crippen LogP contribution in [-0.2, 0) is 6.61 Å². The molecule has 0 atom stereocenters. The minimum atomic E-state index is -0.273. The first kappa shape index (κ1) is 22.2. The molecular formula is C29H22FN3O2S. The number of halogens is 1. The Morgan fingerprint density at radius 3 is 2.56 bits per heavy atom. The second-order valence-corrected chi connectivity index (χ2v) is 9.68. The molecule has 0 aliphatic carbocycles. The molecule has 0 unspecified atom stereocenters. The molecule has 0 bridgehead atoms. The van der Waals surface area contributed by atoms with Crippen molar-refractivity contribution in [3.63, 3.8) is 0 Å². The number of aromatic nitrogens is 3. The van der Waals surface area contributed by atoms with E-state index in [9.17, 15) is 9.18 Å². The van der Waals surface area contributed by atoms with E-state index in [-0.39, 0.29) is 18.0 Å². The minimum absolute atomic E-state index is 0.0511. The number of benzene rings is 3. The first-order valence-corrected chi connectivity index (χ1v) is 12.4. The van der Waals surface area contributed by atoms with Gasteiger partial charge < -0.3 is 9.30 Å². The van der Waals surface area contributed by atoms with Crippen molar-refractivity contribution in [3.05, 3.63) is 122 Å². The van der Waals surface area contributed by atoms with Gasteiger partial charge in [0.1, 0.15) is 18.2 Å². The van der Waals surface area contributed by atoms with Crippen LogP contribution in [0.25, 0.3) is 27.8 Å². The maximum absolute atomic E-state index is 13.9. The van der Waals surface area contributed by atoms with Crippen LogP contribution in [0.1, 0.15) is 22.5 Å². The summed E-state index contributed by atoms with van der Waals surface area (Å²) in [5, 5.41) is 0. The van der Waals surface area contributed by atoms with Crippen molar-refractivity contribution in [2.24, 2.45) is 0 Å². The Kier molecular flexibility index (Phi) is 5.42. The summed E-state index contributed by atoms with van der Waals surface area (Å²) in [6, 6.07) is 24.1. The average Bonchev–Trinajstić information content (AvgIpc) is 3.49. The third-order valence-electron chi connectivity index (χ3n) is 6.35. The number of hydrogen-bond acceptors (Lipinski definition) is 4. The lowest BCUT2D eigenvalue weighted by atomic mass is 10.2. The summed E-state index contributed by atoms with van der Waals surface area (Å²) in [6.07, 6.45) is 1.95. The summed E-state index contributed by atoms with van der Waals surface area (Å²) >= 11 is 1.40. The molecule has 0 aliphatic rings. The van der Waals surface area contributed by atoms with Crippen LogP contribution in [0.2, 0.25) is 0 Å². The van der Waals surface area contributed by atoms with E-state index in [0.29, 0.717) is 20.8 Å². The Morgan fingerprint density at radius 1 is 1.00 bits per heavy atom. The molecule has 6 aromatic rings. The smallest absolute Gasteiger partial charge is 0.274 e. The molecule has 0 saturated heterocycles. The lowest BCUT2D eigenvalue weighted by Crippen LogP contribution is -2.22. The fraction of sp³-hybridized carbons (Fsp3) is 0.103. The summed E-state index contributed by atoms with van der Waals surface area (Å²) in [6.45, 7) is 4.25. The Balaban J connectivity index is 1.31. The van der Waals surface area contributed by atoms with Gasteiger partial charge in [-0.25, -0.2) is 13.8 Å². The maximum atomic E-state index is 13.9. The predicted octanol–water partition coefficient (Wildman–Crippen LogP) is 5.58. The van der Waals surface area contributed by atoms with E-state index in [2.05, 4.69) is 15.6 Å². The van der Waals surface area contributed by atoms with Crippen LogP contribution in [0.15, 0.2) is 83.7 Å². The lowest BCUT2D eigenvalue weighted by molar-refractivity contribution is 0.300. The van der Waals surface area contributed by atoms with Crippen molar-refractivity contribution < 1.29 is 9.13 Å². The second-order valence-electron chi connectivity index (χ2n) is 8.67. The van der Waals surface area contributed by atoms with E-state index >= 15 is 0 Å². The molecule has 3 aromatic carbocycles. The molecule has 0 saturated carbocycles. The molecule has 0 fully saturated rings. The molecule has 3 aromatic heterocycles. The van der Waals surface area contributed by atoms with Crippen LogP contribution < -0.4 is 14.8 Å². The highest BCUT2D eigenvalue weighted by atomic mass is 32.1. The molecule has 5 nitrogen and oxygen atoms in total. The molecule has 3 heterocycles. The molecule has 0 spiro atoms. The number of hydrogen-bond donors (Lipinski definition) is 0. The first-order chi connectivity index (χ1) is 17.5. The number of thiazole rings is 1. The SMILES string of the molecule is Cc1cc(/C=c2/sc3nc4ccccc4n3c2=O)c(C)n1-c1ccc(OCc2ccccc2F)cc1. The zero-order valence-electron chi connectivity index (χ0n) is 19.7. The van der Waals surface area contributed by atoms with Crippen molar-refractivity contribution in [1.82, 2.24) is 14.0 Å². The number of fused-ring (bicyclic) bond motifs is 3. The lowest BCUT2D eigenvalue weighted by Gasteiger charge is -2.12. The first-order valence-electron chi connectivity index (χ1n) is 11.6. The van der Waals surface area contributed by atoms with E-state index in [1.165, 1.54) is 17.4 Å². The molecular weight excluding hydrogens is 473 g/mol. The van der Waals surface area contributed by atoms with Crippen molar-refractivity contribution in [2.75, 3.05) is 0 Å². The normalized spacial score (nSPS) is 12.1. The van der Waals surface area contributed by atoms with Gasteiger partial charge in [-0.15, -0.1) is 0 Å². The van der Waals surface area contributed by atoms with Gasteiger partial charge in [0.25, 0.3) is 5.56 Å². The van der Waals surface area contributed by atoms with Crippen LogP contribution in [0, 0.1) is 19.7 Å².